The highest BCUT2D eigenvalue weighted by Crippen LogP contribution is 2.29. The number of thiocarbonyl (C=S) groups is 1. The Morgan fingerprint density at radius 2 is 2.00 bits per heavy atom. The first-order valence-electron chi connectivity index (χ1n) is 7.22. The highest BCUT2D eigenvalue weighted by atomic mass is 32.1. The van der Waals surface area contributed by atoms with Gasteiger partial charge in [-0.1, -0.05) is 6.07 Å². The van der Waals surface area contributed by atoms with Crippen molar-refractivity contribution in [2.24, 2.45) is 0 Å². The van der Waals surface area contributed by atoms with Crippen molar-refractivity contribution in [3.05, 3.63) is 52.4 Å². The molecular formula is C17H16N2O2S2. The number of anilines is 1. The van der Waals surface area contributed by atoms with Gasteiger partial charge in [0.2, 0.25) is 0 Å². The molecule has 2 aromatic rings. The average Bonchev–Trinajstić information content (AvgIpc) is 3.13. The minimum absolute atomic E-state index is 0.116. The second kappa shape index (κ2) is 6.52. The zero-order chi connectivity index (χ0) is 16.4. The zero-order valence-corrected chi connectivity index (χ0v) is 14.5. The monoisotopic (exact) mass is 344 g/mol. The summed E-state index contributed by atoms with van der Waals surface area (Å²) >= 11 is 7.03. The minimum atomic E-state index is -0.116. The second-order valence-electron chi connectivity index (χ2n) is 4.95. The van der Waals surface area contributed by atoms with Gasteiger partial charge in [-0.05, 0) is 60.9 Å². The molecule has 1 aliphatic rings. The van der Waals surface area contributed by atoms with Gasteiger partial charge in [0.1, 0.15) is 11.4 Å². The number of nitrogens with zero attached hydrogens (tertiary/aromatic N) is 2. The number of hydrogen-bond acceptors (Lipinski definition) is 4. The van der Waals surface area contributed by atoms with Crippen LogP contribution in [0.15, 0.2) is 47.5 Å². The molecule has 0 atom stereocenters. The summed E-state index contributed by atoms with van der Waals surface area (Å²) < 4.78 is 5.43. The summed E-state index contributed by atoms with van der Waals surface area (Å²) in [6.45, 7) is 2.54. The van der Waals surface area contributed by atoms with Crippen LogP contribution in [0.1, 0.15) is 11.8 Å². The standard InChI is InChI=1S/C17H16N2O2S2/c1-3-21-13-8-6-12(7-9-13)19-16(20)15(18(2)17(19)22)11-14-5-4-10-23-14/h4-11H,3H2,1-2H3/b15-11-. The van der Waals surface area contributed by atoms with Crippen molar-refractivity contribution < 1.29 is 9.53 Å². The molecule has 1 saturated heterocycles. The summed E-state index contributed by atoms with van der Waals surface area (Å²) in [6, 6.07) is 11.3. The number of carbonyl (C=O) groups excluding carboxylic acids is 1. The minimum Gasteiger partial charge on any atom is -0.494 e. The van der Waals surface area contributed by atoms with E-state index in [0.717, 1.165) is 16.3 Å². The molecule has 0 radical (unpaired) electrons. The molecule has 1 aromatic carbocycles. The van der Waals surface area contributed by atoms with Crippen molar-refractivity contribution in [2.45, 2.75) is 6.92 Å². The van der Waals surface area contributed by atoms with E-state index in [1.807, 2.05) is 61.8 Å². The highest BCUT2D eigenvalue weighted by molar-refractivity contribution is 7.80. The molecular weight excluding hydrogens is 328 g/mol. The molecule has 1 amide bonds. The van der Waals surface area contributed by atoms with Crippen molar-refractivity contribution in [1.82, 2.24) is 4.90 Å². The summed E-state index contributed by atoms with van der Waals surface area (Å²) in [5.74, 6) is 0.659. The Morgan fingerprint density at radius 3 is 2.61 bits per heavy atom. The lowest BCUT2D eigenvalue weighted by atomic mass is 10.2. The Kier molecular flexibility index (Phi) is 4.45. The second-order valence-corrected chi connectivity index (χ2v) is 6.30. The molecule has 0 unspecified atom stereocenters. The Labute approximate surface area is 144 Å². The number of carbonyl (C=O) groups is 1. The number of hydrogen-bond donors (Lipinski definition) is 0. The number of ether oxygens (including phenoxy) is 1. The van der Waals surface area contributed by atoms with E-state index in [1.54, 1.807) is 21.1 Å². The fraction of sp³-hybridized carbons (Fsp3) is 0.176. The predicted molar refractivity (Wildman–Crippen MR) is 97.8 cm³/mol. The fourth-order valence-electron chi connectivity index (χ4n) is 2.35. The number of amides is 1. The zero-order valence-electron chi connectivity index (χ0n) is 12.9. The maximum absolute atomic E-state index is 12.8. The molecule has 3 rings (SSSR count). The molecule has 1 fully saturated rings. The van der Waals surface area contributed by atoms with Crippen LogP contribution < -0.4 is 9.64 Å². The van der Waals surface area contributed by atoms with E-state index >= 15 is 0 Å². The molecule has 2 heterocycles. The fourth-order valence-corrected chi connectivity index (χ4v) is 3.29. The molecule has 118 valence electrons. The molecule has 0 aliphatic carbocycles. The molecule has 0 bridgehead atoms. The van der Waals surface area contributed by atoms with E-state index in [9.17, 15) is 4.79 Å². The molecule has 4 nitrogen and oxygen atoms in total. The van der Waals surface area contributed by atoms with Gasteiger partial charge in [0.15, 0.2) is 5.11 Å². The lowest BCUT2D eigenvalue weighted by Gasteiger charge is -2.16. The SMILES string of the molecule is CCOc1ccc(N2C(=O)/C(=C/c3cccs3)N(C)C2=S)cc1. The van der Waals surface area contributed by atoms with Crippen LogP contribution >= 0.6 is 23.6 Å². The van der Waals surface area contributed by atoms with Gasteiger partial charge < -0.3 is 9.64 Å². The summed E-state index contributed by atoms with van der Waals surface area (Å²) in [4.78, 5) is 17.1. The van der Waals surface area contributed by atoms with Crippen LogP contribution in [0, 0.1) is 0 Å². The van der Waals surface area contributed by atoms with Crippen molar-refractivity contribution >= 4 is 46.3 Å². The first-order chi connectivity index (χ1) is 11.1. The molecule has 1 aromatic heterocycles. The number of likely N-dealkylation sites (N-methyl/N-ethyl adjacent to an activating group) is 1. The molecule has 6 heteroatoms. The van der Waals surface area contributed by atoms with Gasteiger partial charge in [0.05, 0.1) is 12.3 Å². The van der Waals surface area contributed by atoms with Gasteiger partial charge in [-0.25, -0.2) is 0 Å². The van der Waals surface area contributed by atoms with Crippen molar-refractivity contribution in [3.8, 4) is 5.75 Å². The molecule has 0 N–H and O–H groups in total. The smallest absolute Gasteiger partial charge is 0.281 e. The van der Waals surface area contributed by atoms with Gasteiger partial charge in [-0.3, -0.25) is 9.69 Å². The van der Waals surface area contributed by atoms with E-state index in [1.165, 1.54) is 0 Å². The third-order valence-electron chi connectivity index (χ3n) is 3.49. The highest BCUT2D eigenvalue weighted by Gasteiger charge is 2.36. The van der Waals surface area contributed by atoms with E-state index in [-0.39, 0.29) is 5.91 Å². The topological polar surface area (TPSA) is 32.8 Å². The number of rotatable bonds is 4. The van der Waals surface area contributed by atoms with E-state index < -0.39 is 0 Å². The maximum Gasteiger partial charge on any atom is 0.281 e. The van der Waals surface area contributed by atoms with Gasteiger partial charge in [-0.15, -0.1) is 11.3 Å². The van der Waals surface area contributed by atoms with Crippen LogP contribution in [0.3, 0.4) is 0 Å². The Hall–Kier alpha value is -2.18. The number of thiophene rings is 1. The van der Waals surface area contributed by atoms with Crippen molar-refractivity contribution in [2.75, 3.05) is 18.6 Å². The van der Waals surface area contributed by atoms with Crippen LogP contribution in [0.25, 0.3) is 6.08 Å². The van der Waals surface area contributed by atoms with Gasteiger partial charge >= 0.3 is 0 Å². The van der Waals surface area contributed by atoms with Crippen LogP contribution in [0.5, 0.6) is 5.75 Å². The van der Waals surface area contributed by atoms with E-state index in [0.29, 0.717) is 17.4 Å². The van der Waals surface area contributed by atoms with Crippen molar-refractivity contribution in [1.29, 1.82) is 0 Å². The maximum atomic E-state index is 12.8. The first kappa shape index (κ1) is 15.7. The van der Waals surface area contributed by atoms with Gasteiger partial charge in [-0.2, -0.15) is 0 Å². The Balaban J connectivity index is 1.91. The third kappa shape index (κ3) is 3.00. The van der Waals surface area contributed by atoms with Crippen LogP contribution in [0.4, 0.5) is 5.69 Å². The van der Waals surface area contributed by atoms with E-state index in [2.05, 4.69) is 0 Å². The van der Waals surface area contributed by atoms with Crippen LogP contribution in [0.2, 0.25) is 0 Å². The van der Waals surface area contributed by atoms with Crippen LogP contribution in [-0.4, -0.2) is 29.6 Å². The Morgan fingerprint density at radius 1 is 1.26 bits per heavy atom. The van der Waals surface area contributed by atoms with Gasteiger partial charge in [0.25, 0.3) is 5.91 Å². The summed E-state index contributed by atoms with van der Waals surface area (Å²) in [5.41, 5.74) is 1.32. The van der Waals surface area contributed by atoms with E-state index in [4.69, 9.17) is 17.0 Å². The third-order valence-corrected chi connectivity index (χ3v) is 4.77. The normalized spacial score (nSPS) is 16.5. The lowest BCUT2D eigenvalue weighted by molar-refractivity contribution is -0.114. The largest absolute Gasteiger partial charge is 0.494 e. The summed E-state index contributed by atoms with van der Waals surface area (Å²) in [7, 11) is 1.81. The molecule has 0 saturated carbocycles. The summed E-state index contributed by atoms with van der Waals surface area (Å²) in [6.07, 6.45) is 1.87. The molecule has 1 aliphatic heterocycles. The first-order valence-corrected chi connectivity index (χ1v) is 8.51. The molecule has 23 heavy (non-hydrogen) atoms. The van der Waals surface area contributed by atoms with Crippen molar-refractivity contribution in [3.63, 3.8) is 0 Å². The Bertz CT molecular complexity index is 751. The number of benzene rings is 1. The molecule has 0 spiro atoms. The predicted octanol–water partition coefficient (Wildman–Crippen LogP) is 3.75. The van der Waals surface area contributed by atoms with Crippen LogP contribution in [-0.2, 0) is 4.79 Å². The summed E-state index contributed by atoms with van der Waals surface area (Å²) in [5, 5.41) is 2.45. The quantitative estimate of drug-likeness (QED) is 0.625. The van der Waals surface area contributed by atoms with Gasteiger partial charge in [0, 0.05) is 11.9 Å². The lowest BCUT2D eigenvalue weighted by Crippen LogP contribution is -2.31. The average molecular weight is 344 g/mol.